The molecule has 0 aromatic heterocycles. The number of esters is 2. The van der Waals surface area contributed by atoms with Crippen molar-refractivity contribution < 1.29 is 28.6 Å². The lowest BCUT2D eigenvalue weighted by molar-refractivity contribution is -0.148. The number of benzene rings is 1. The van der Waals surface area contributed by atoms with E-state index in [1.54, 1.807) is 37.3 Å². The van der Waals surface area contributed by atoms with E-state index in [4.69, 9.17) is 14.2 Å². The van der Waals surface area contributed by atoms with Crippen LogP contribution in [0.2, 0.25) is 0 Å². The molecule has 0 saturated carbocycles. The molecule has 1 atom stereocenters. The summed E-state index contributed by atoms with van der Waals surface area (Å²) in [6, 6.07) is 7.66. The summed E-state index contributed by atoms with van der Waals surface area (Å²) in [6.07, 6.45) is 1.20. The smallest absolute Gasteiger partial charge is 0.420 e. The van der Waals surface area contributed by atoms with Gasteiger partial charge in [0.15, 0.2) is 0 Å². The maximum atomic E-state index is 12.4. The van der Waals surface area contributed by atoms with E-state index in [0.717, 1.165) is 4.90 Å². The van der Waals surface area contributed by atoms with E-state index in [9.17, 15) is 14.4 Å². The zero-order valence-electron chi connectivity index (χ0n) is 13.6. The average molecular weight is 333 g/mol. The van der Waals surface area contributed by atoms with Crippen molar-refractivity contribution >= 4 is 18.0 Å². The minimum atomic E-state index is -0.819. The first kappa shape index (κ1) is 17.5. The van der Waals surface area contributed by atoms with Crippen LogP contribution in [0.3, 0.4) is 0 Å². The summed E-state index contributed by atoms with van der Waals surface area (Å²) >= 11 is 0. The zero-order valence-corrected chi connectivity index (χ0v) is 13.6. The van der Waals surface area contributed by atoms with Crippen LogP contribution >= 0.6 is 0 Å². The third-order valence-electron chi connectivity index (χ3n) is 3.28. The predicted molar refractivity (Wildman–Crippen MR) is 83.8 cm³/mol. The van der Waals surface area contributed by atoms with Gasteiger partial charge in [-0.25, -0.2) is 9.59 Å². The monoisotopic (exact) mass is 333 g/mol. The number of hydrogen-bond acceptors (Lipinski definition) is 6. The average Bonchev–Trinajstić information content (AvgIpc) is 2.55. The van der Waals surface area contributed by atoms with E-state index >= 15 is 0 Å². The Morgan fingerprint density at radius 1 is 1.17 bits per heavy atom. The normalized spacial score (nSPS) is 16.8. The molecule has 24 heavy (non-hydrogen) atoms. The van der Waals surface area contributed by atoms with E-state index in [-0.39, 0.29) is 13.0 Å². The van der Waals surface area contributed by atoms with Gasteiger partial charge < -0.3 is 14.2 Å². The molecule has 0 bridgehead atoms. The Morgan fingerprint density at radius 2 is 1.88 bits per heavy atom. The summed E-state index contributed by atoms with van der Waals surface area (Å²) in [7, 11) is 0. The quantitative estimate of drug-likeness (QED) is 0.788. The van der Waals surface area contributed by atoms with Crippen molar-refractivity contribution in [1.29, 1.82) is 0 Å². The van der Waals surface area contributed by atoms with Gasteiger partial charge in [-0.2, -0.15) is 0 Å². The highest BCUT2D eigenvalue weighted by atomic mass is 16.6. The van der Waals surface area contributed by atoms with Crippen molar-refractivity contribution in [2.24, 2.45) is 0 Å². The molecule has 2 rings (SSSR count). The first-order valence-corrected chi connectivity index (χ1v) is 7.62. The standard InChI is InChI=1S/C17H19NO6/c1-3-22-16(20)15-10-9-14(23-12(2)19)11-18(15)17(21)24-13-7-5-4-6-8-13/h4-8,11,15H,3,9-10H2,1-2H3/t15-/m0/s1. The molecule has 0 aliphatic carbocycles. The molecule has 1 amide bonds. The number of rotatable bonds is 4. The summed E-state index contributed by atoms with van der Waals surface area (Å²) in [4.78, 5) is 36.7. The van der Waals surface area contributed by atoms with Gasteiger partial charge >= 0.3 is 18.0 Å². The second-order valence-electron chi connectivity index (χ2n) is 5.08. The fraction of sp³-hybridized carbons (Fsp3) is 0.353. The minimum absolute atomic E-state index is 0.206. The van der Waals surface area contributed by atoms with Crippen LogP contribution in [0, 0.1) is 0 Å². The molecule has 7 nitrogen and oxygen atoms in total. The SMILES string of the molecule is CCOC(=O)[C@@H]1CCC(OC(C)=O)=CN1C(=O)Oc1ccccc1. The molecule has 0 N–H and O–H groups in total. The van der Waals surface area contributed by atoms with E-state index in [1.165, 1.54) is 13.1 Å². The van der Waals surface area contributed by atoms with Crippen LogP contribution < -0.4 is 4.74 Å². The fourth-order valence-electron chi connectivity index (χ4n) is 2.28. The Balaban J connectivity index is 2.20. The molecule has 1 aliphatic rings. The number of nitrogens with zero attached hydrogens (tertiary/aromatic N) is 1. The minimum Gasteiger partial charge on any atom is -0.464 e. The second kappa shape index (κ2) is 8.14. The predicted octanol–water partition coefficient (Wildman–Crippen LogP) is 2.62. The van der Waals surface area contributed by atoms with Gasteiger partial charge in [-0.05, 0) is 25.5 Å². The van der Waals surface area contributed by atoms with E-state index in [0.29, 0.717) is 17.9 Å². The van der Waals surface area contributed by atoms with Crippen LogP contribution in [0.4, 0.5) is 4.79 Å². The molecule has 0 spiro atoms. The van der Waals surface area contributed by atoms with Crippen molar-refractivity contribution in [3.63, 3.8) is 0 Å². The number of carbonyl (C=O) groups is 3. The highest BCUT2D eigenvalue weighted by Gasteiger charge is 2.35. The van der Waals surface area contributed by atoms with Crippen LogP contribution in [-0.2, 0) is 19.1 Å². The van der Waals surface area contributed by atoms with Gasteiger partial charge in [-0.15, -0.1) is 0 Å². The molecule has 7 heteroatoms. The number of allylic oxidation sites excluding steroid dienone is 1. The maximum Gasteiger partial charge on any atom is 0.420 e. The number of carbonyl (C=O) groups excluding carboxylic acids is 3. The highest BCUT2D eigenvalue weighted by Crippen LogP contribution is 2.24. The molecule has 0 unspecified atom stereocenters. The molecule has 1 aliphatic heterocycles. The molecule has 0 radical (unpaired) electrons. The lowest BCUT2D eigenvalue weighted by atomic mass is 10.1. The van der Waals surface area contributed by atoms with Gasteiger partial charge in [0.05, 0.1) is 6.61 Å². The molecule has 1 aromatic rings. The maximum absolute atomic E-state index is 12.4. The number of hydrogen-bond donors (Lipinski definition) is 0. The largest absolute Gasteiger partial charge is 0.464 e. The van der Waals surface area contributed by atoms with Gasteiger partial charge in [-0.1, -0.05) is 18.2 Å². The first-order valence-electron chi connectivity index (χ1n) is 7.62. The summed E-state index contributed by atoms with van der Waals surface area (Å²) < 4.78 is 15.3. The lowest BCUT2D eigenvalue weighted by Crippen LogP contribution is -2.46. The Labute approximate surface area is 139 Å². The summed E-state index contributed by atoms with van der Waals surface area (Å²) in [6.45, 7) is 3.16. The van der Waals surface area contributed by atoms with Crippen LogP contribution in [0.1, 0.15) is 26.7 Å². The molecule has 0 fully saturated rings. The van der Waals surface area contributed by atoms with Crippen LogP contribution in [0.5, 0.6) is 5.75 Å². The van der Waals surface area contributed by atoms with Gasteiger partial charge in [0.25, 0.3) is 0 Å². The third kappa shape index (κ3) is 4.58. The Bertz CT molecular complexity index is 640. The van der Waals surface area contributed by atoms with Crippen LogP contribution in [-0.4, -0.2) is 35.6 Å². The van der Waals surface area contributed by atoms with Crippen molar-refractivity contribution in [2.75, 3.05) is 6.61 Å². The Morgan fingerprint density at radius 3 is 2.50 bits per heavy atom. The number of amides is 1. The number of ether oxygens (including phenoxy) is 3. The van der Waals surface area contributed by atoms with Crippen molar-refractivity contribution in [3.05, 3.63) is 42.3 Å². The highest BCUT2D eigenvalue weighted by molar-refractivity contribution is 5.83. The van der Waals surface area contributed by atoms with Crippen molar-refractivity contribution in [1.82, 2.24) is 4.90 Å². The van der Waals surface area contributed by atoms with Gasteiger partial charge in [0.2, 0.25) is 0 Å². The topological polar surface area (TPSA) is 82.1 Å². The summed E-state index contributed by atoms with van der Waals surface area (Å²) in [5, 5.41) is 0. The van der Waals surface area contributed by atoms with Gasteiger partial charge in [0.1, 0.15) is 17.6 Å². The Hall–Kier alpha value is -2.83. The summed E-state index contributed by atoms with van der Waals surface area (Å²) in [5.74, 6) is -0.376. The van der Waals surface area contributed by atoms with E-state index in [2.05, 4.69) is 0 Å². The van der Waals surface area contributed by atoms with Gasteiger partial charge in [0, 0.05) is 19.5 Å². The van der Waals surface area contributed by atoms with Gasteiger partial charge in [-0.3, -0.25) is 9.69 Å². The molecular weight excluding hydrogens is 314 g/mol. The fourth-order valence-corrected chi connectivity index (χ4v) is 2.28. The summed E-state index contributed by atoms with van der Waals surface area (Å²) in [5.41, 5.74) is 0. The second-order valence-corrected chi connectivity index (χ2v) is 5.08. The van der Waals surface area contributed by atoms with E-state index in [1.807, 2.05) is 0 Å². The third-order valence-corrected chi connectivity index (χ3v) is 3.28. The Kier molecular flexibility index (Phi) is 5.95. The van der Waals surface area contributed by atoms with Crippen molar-refractivity contribution in [2.45, 2.75) is 32.7 Å². The molecular formula is C17H19NO6. The molecule has 0 saturated heterocycles. The molecule has 1 aromatic carbocycles. The first-order chi connectivity index (χ1) is 11.5. The van der Waals surface area contributed by atoms with Crippen LogP contribution in [0.25, 0.3) is 0 Å². The van der Waals surface area contributed by atoms with Crippen LogP contribution in [0.15, 0.2) is 42.3 Å². The van der Waals surface area contributed by atoms with Crippen molar-refractivity contribution in [3.8, 4) is 5.75 Å². The molecule has 128 valence electrons. The van der Waals surface area contributed by atoms with E-state index < -0.39 is 24.1 Å². The number of para-hydroxylation sites is 1. The molecule has 1 heterocycles. The lowest BCUT2D eigenvalue weighted by Gasteiger charge is -2.30. The zero-order chi connectivity index (χ0) is 17.5.